The first-order valence-corrected chi connectivity index (χ1v) is 7.31. The molecule has 0 radical (unpaired) electrons. The molecule has 0 saturated carbocycles. The quantitative estimate of drug-likeness (QED) is 0.133. The molecule has 0 heterocycles. The standard InChI is InChI=1S/C7H13IN3O8P/c1-4(18-7(13)19-8)17-5(12)3-11(2)6(9)10-20(14,15)16/h4H,3H2,1-2H3,(H4,9,10,14,15,16). The van der Waals surface area contributed by atoms with Crippen LogP contribution in [0.1, 0.15) is 6.92 Å². The first-order chi connectivity index (χ1) is 9.05. The van der Waals surface area contributed by atoms with E-state index < -0.39 is 38.7 Å². The van der Waals surface area contributed by atoms with E-state index in [9.17, 15) is 14.2 Å². The normalized spacial score (nSPS) is 13.3. The molecule has 0 aromatic rings. The van der Waals surface area contributed by atoms with E-state index in [-0.39, 0.29) is 0 Å². The summed E-state index contributed by atoms with van der Waals surface area (Å²) in [5.74, 6) is -1.40. The fourth-order valence-corrected chi connectivity index (χ4v) is 1.41. The van der Waals surface area contributed by atoms with Gasteiger partial charge in [0.25, 0.3) is 0 Å². The minimum Gasteiger partial charge on any atom is -0.424 e. The molecule has 0 saturated heterocycles. The molecule has 0 aliphatic heterocycles. The number of nitrogens with zero attached hydrogens (tertiary/aromatic N) is 2. The van der Waals surface area contributed by atoms with Gasteiger partial charge in [0, 0.05) is 14.0 Å². The predicted octanol–water partition coefficient (Wildman–Crippen LogP) is -0.282. The Morgan fingerprint density at radius 3 is 2.45 bits per heavy atom. The van der Waals surface area contributed by atoms with Crippen LogP contribution in [-0.4, -0.2) is 52.7 Å². The summed E-state index contributed by atoms with van der Waals surface area (Å²) >= 11 is 1.29. The first-order valence-electron chi connectivity index (χ1n) is 4.86. The molecule has 4 N–H and O–H groups in total. The summed E-state index contributed by atoms with van der Waals surface area (Å²) in [5, 5.41) is 0. The fraction of sp³-hybridized carbons (Fsp3) is 0.571. The van der Waals surface area contributed by atoms with Gasteiger partial charge in [-0.1, -0.05) is 0 Å². The Labute approximate surface area is 128 Å². The highest BCUT2D eigenvalue weighted by Crippen LogP contribution is 2.35. The topological polar surface area (TPSA) is 161 Å². The zero-order valence-corrected chi connectivity index (χ0v) is 13.5. The number of halogens is 1. The molecule has 0 rings (SSSR count). The maximum Gasteiger partial charge on any atom is 0.521 e. The number of ether oxygens (including phenoxy) is 2. The first kappa shape index (κ1) is 18.9. The van der Waals surface area contributed by atoms with E-state index in [4.69, 9.17) is 15.5 Å². The van der Waals surface area contributed by atoms with Gasteiger partial charge in [0.05, 0.1) is 0 Å². The zero-order chi connectivity index (χ0) is 15.9. The van der Waals surface area contributed by atoms with Crippen molar-refractivity contribution < 1.29 is 36.5 Å². The van der Waals surface area contributed by atoms with Gasteiger partial charge in [-0.2, -0.15) is 0 Å². The highest BCUT2D eigenvalue weighted by atomic mass is 127. The SMILES string of the molecule is CC(OC(=O)CN(C)C(N)=NP(=O)(O)O)OC(=O)OI. The summed E-state index contributed by atoms with van der Waals surface area (Å²) in [6.45, 7) is 0.820. The molecule has 0 fully saturated rings. The number of esters is 1. The summed E-state index contributed by atoms with van der Waals surface area (Å²) < 4.78 is 26.7. The molecular weight excluding hydrogens is 412 g/mol. The van der Waals surface area contributed by atoms with Gasteiger partial charge in [-0.15, -0.1) is 4.76 Å². The van der Waals surface area contributed by atoms with Crippen molar-refractivity contribution in [2.45, 2.75) is 13.2 Å². The minimum absolute atomic E-state index is 0.456. The number of carbonyl (C=O) groups is 2. The molecular formula is C7H13IN3O8P. The Kier molecular flexibility index (Phi) is 7.78. The van der Waals surface area contributed by atoms with E-state index in [1.807, 2.05) is 0 Å². The largest absolute Gasteiger partial charge is 0.521 e. The van der Waals surface area contributed by atoms with E-state index in [0.717, 1.165) is 4.90 Å². The van der Waals surface area contributed by atoms with Crippen LogP contribution < -0.4 is 5.73 Å². The third kappa shape index (κ3) is 8.90. The average molecular weight is 425 g/mol. The second-order valence-electron chi connectivity index (χ2n) is 3.33. The summed E-state index contributed by atoms with van der Waals surface area (Å²) in [6.07, 6.45) is -2.24. The van der Waals surface area contributed by atoms with E-state index >= 15 is 0 Å². The van der Waals surface area contributed by atoms with Gasteiger partial charge in [-0.3, -0.25) is 4.79 Å². The summed E-state index contributed by atoms with van der Waals surface area (Å²) in [4.78, 5) is 40.2. The predicted molar refractivity (Wildman–Crippen MR) is 73.4 cm³/mol. The van der Waals surface area contributed by atoms with Gasteiger partial charge in [0.15, 0.2) is 23.0 Å². The highest BCUT2D eigenvalue weighted by Gasteiger charge is 2.19. The molecule has 1 unspecified atom stereocenters. The second kappa shape index (κ2) is 8.24. The zero-order valence-electron chi connectivity index (χ0n) is 10.4. The smallest absolute Gasteiger partial charge is 0.424 e. The third-order valence-corrected chi connectivity index (χ3v) is 2.44. The van der Waals surface area contributed by atoms with Crippen molar-refractivity contribution in [2.75, 3.05) is 13.6 Å². The van der Waals surface area contributed by atoms with Crippen molar-refractivity contribution in [1.29, 1.82) is 0 Å². The number of rotatable bonds is 5. The molecule has 0 spiro atoms. The van der Waals surface area contributed by atoms with Crippen LogP contribution in [0.25, 0.3) is 0 Å². The lowest BCUT2D eigenvalue weighted by atomic mass is 10.5. The fourth-order valence-electron chi connectivity index (χ4n) is 0.885. The lowest BCUT2D eigenvalue weighted by molar-refractivity contribution is -0.166. The third-order valence-electron chi connectivity index (χ3n) is 1.61. The van der Waals surface area contributed by atoms with Crippen molar-refractivity contribution in [3.8, 4) is 0 Å². The van der Waals surface area contributed by atoms with Crippen LogP contribution >= 0.6 is 30.8 Å². The molecule has 0 aromatic carbocycles. The number of carbonyl (C=O) groups excluding carboxylic acids is 2. The van der Waals surface area contributed by atoms with E-state index in [1.54, 1.807) is 0 Å². The van der Waals surface area contributed by atoms with Crippen molar-refractivity contribution >= 4 is 48.8 Å². The molecule has 0 aliphatic carbocycles. The molecule has 116 valence electrons. The number of hydrogen-bond acceptors (Lipinski definition) is 6. The van der Waals surface area contributed by atoms with Gasteiger partial charge in [0.2, 0.25) is 12.2 Å². The number of likely N-dealkylation sites (N-methyl/N-ethyl adjacent to an activating group) is 1. The van der Waals surface area contributed by atoms with Crippen molar-refractivity contribution in [3.05, 3.63) is 0 Å². The second-order valence-corrected chi connectivity index (χ2v) is 5.00. The average Bonchev–Trinajstić information content (AvgIpc) is 2.25. The minimum atomic E-state index is -4.69. The van der Waals surface area contributed by atoms with Crippen LogP contribution in [0.2, 0.25) is 0 Å². The van der Waals surface area contributed by atoms with Gasteiger partial charge in [-0.25, -0.2) is 9.36 Å². The number of hydrogen-bond donors (Lipinski definition) is 3. The summed E-state index contributed by atoms with van der Waals surface area (Å²) in [6, 6.07) is 0. The van der Waals surface area contributed by atoms with Crippen LogP contribution in [0.5, 0.6) is 0 Å². The van der Waals surface area contributed by atoms with E-state index in [2.05, 4.69) is 17.3 Å². The van der Waals surface area contributed by atoms with Crippen LogP contribution in [0.3, 0.4) is 0 Å². The Balaban J connectivity index is 4.37. The Morgan fingerprint density at radius 1 is 1.45 bits per heavy atom. The van der Waals surface area contributed by atoms with Crippen LogP contribution in [0, 0.1) is 0 Å². The maximum absolute atomic E-state index is 11.4. The van der Waals surface area contributed by atoms with Gasteiger partial charge in [0.1, 0.15) is 6.54 Å². The van der Waals surface area contributed by atoms with E-state index in [0.29, 0.717) is 0 Å². The van der Waals surface area contributed by atoms with Crippen molar-refractivity contribution in [3.63, 3.8) is 0 Å². The van der Waals surface area contributed by atoms with E-state index in [1.165, 1.54) is 37.0 Å². The molecule has 20 heavy (non-hydrogen) atoms. The number of nitrogens with two attached hydrogens (primary N) is 1. The summed E-state index contributed by atoms with van der Waals surface area (Å²) in [7, 11) is -3.42. The maximum atomic E-state index is 11.4. The molecule has 11 nitrogen and oxygen atoms in total. The Morgan fingerprint density at radius 2 is 2.00 bits per heavy atom. The Hall–Kier alpha value is -1.11. The molecule has 0 bridgehead atoms. The lowest BCUT2D eigenvalue weighted by Gasteiger charge is -2.18. The van der Waals surface area contributed by atoms with Gasteiger partial charge in [-0.05, 0) is 0 Å². The van der Waals surface area contributed by atoms with Crippen LogP contribution in [-0.2, 0) is 21.9 Å². The molecule has 0 amide bonds. The highest BCUT2D eigenvalue weighted by molar-refractivity contribution is 14.1. The van der Waals surface area contributed by atoms with Crippen LogP contribution in [0.15, 0.2) is 4.76 Å². The lowest BCUT2D eigenvalue weighted by Crippen LogP contribution is -2.39. The van der Waals surface area contributed by atoms with Crippen molar-refractivity contribution in [2.24, 2.45) is 10.5 Å². The molecule has 0 aromatic heterocycles. The van der Waals surface area contributed by atoms with Crippen LogP contribution in [0.4, 0.5) is 4.79 Å². The Bertz CT molecular complexity index is 438. The van der Waals surface area contributed by atoms with Gasteiger partial charge < -0.3 is 33.0 Å². The summed E-state index contributed by atoms with van der Waals surface area (Å²) in [5.41, 5.74) is 5.25. The molecule has 1 atom stereocenters. The van der Waals surface area contributed by atoms with Crippen molar-refractivity contribution in [1.82, 2.24) is 4.90 Å². The molecule has 13 heteroatoms. The van der Waals surface area contributed by atoms with Gasteiger partial charge >= 0.3 is 19.9 Å². The molecule has 0 aliphatic rings. The monoisotopic (exact) mass is 425 g/mol. The number of guanidine groups is 1.